The molecule has 0 atom stereocenters. The molecule has 0 aliphatic carbocycles. The molecule has 3 rings (SSSR count). The van der Waals surface area contributed by atoms with Gasteiger partial charge in [-0.3, -0.25) is 9.59 Å². The summed E-state index contributed by atoms with van der Waals surface area (Å²) in [7, 11) is 0. The van der Waals surface area contributed by atoms with Crippen molar-refractivity contribution in [2.24, 2.45) is 0 Å². The van der Waals surface area contributed by atoms with Crippen molar-refractivity contribution in [3.63, 3.8) is 0 Å². The van der Waals surface area contributed by atoms with E-state index in [-0.39, 0.29) is 29.0 Å². The molecule has 2 N–H and O–H groups in total. The summed E-state index contributed by atoms with van der Waals surface area (Å²) < 4.78 is 12.9. The summed E-state index contributed by atoms with van der Waals surface area (Å²) in [6, 6.07) is 19.8. The Labute approximate surface area is 156 Å². The zero-order chi connectivity index (χ0) is 19.1. The fourth-order valence-electron chi connectivity index (χ4n) is 2.47. The van der Waals surface area contributed by atoms with Crippen LogP contribution in [0.1, 0.15) is 26.5 Å². The Kier molecular flexibility index (Phi) is 5.89. The number of rotatable bonds is 6. The molecule has 0 aliphatic rings. The molecule has 0 spiro atoms. The molecule has 0 saturated carbocycles. The first-order chi connectivity index (χ1) is 13.1. The van der Waals surface area contributed by atoms with E-state index in [0.717, 1.165) is 5.56 Å². The van der Waals surface area contributed by atoms with Gasteiger partial charge in [0.15, 0.2) is 0 Å². The third kappa shape index (κ3) is 5.22. The number of aromatic nitrogens is 1. The van der Waals surface area contributed by atoms with E-state index in [2.05, 4.69) is 15.6 Å². The zero-order valence-electron chi connectivity index (χ0n) is 14.5. The molecule has 1 aromatic heterocycles. The third-order valence-corrected chi connectivity index (χ3v) is 3.86. The lowest BCUT2D eigenvalue weighted by molar-refractivity contribution is 0.0949. The molecule has 0 bridgehead atoms. The van der Waals surface area contributed by atoms with Crippen LogP contribution >= 0.6 is 0 Å². The van der Waals surface area contributed by atoms with E-state index < -0.39 is 0 Å². The highest BCUT2D eigenvalue weighted by Gasteiger charge is 2.12. The molecule has 2 aromatic carbocycles. The van der Waals surface area contributed by atoms with Crippen LogP contribution in [0.15, 0.2) is 72.8 Å². The molecule has 1 heterocycles. The molecule has 2 amide bonds. The number of pyridine rings is 1. The molecule has 0 saturated heterocycles. The summed E-state index contributed by atoms with van der Waals surface area (Å²) in [4.78, 5) is 28.7. The van der Waals surface area contributed by atoms with E-state index >= 15 is 0 Å². The number of carbonyl (C=O) groups is 2. The number of benzene rings is 2. The summed E-state index contributed by atoms with van der Waals surface area (Å²) >= 11 is 0. The highest BCUT2D eigenvalue weighted by Crippen LogP contribution is 2.08. The molecular weight excluding hydrogens is 345 g/mol. The molecule has 5 nitrogen and oxygen atoms in total. The average molecular weight is 363 g/mol. The maximum absolute atomic E-state index is 12.9. The summed E-state index contributed by atoms with van der Waals surface area (Å²) in [5, 5.41) is 5.48. The lowest BCUT2D eigenvalue weighted by atomic mass is 10.1. The van der Waals surface area contributed by atoms with Gasteiger partial charge in [0.05, 0.1) is 0 Å². The van der Waals surface area contributed by atoms with Gasteiger partial charge in [0.2, 0.25) is 0 Å². The predicted molar refractivity (Wildman–Crippen MR) is 101 cm³/mol. The SMILES string of the molecule is O=C(NCCc1ccc(F)cc1)c1cccc(C(=O)Nc2ccccc2)n1. The summed E-state index contributed by atoms with van der Waals surface area (Å²) in [6.45, 7) is 0.382. The van der Waals surface area contributed by atoms with Gasteiger partial charge in [-0.05, 0) is 48.4 Å². The molecule has 6 heteroatoms. The number of nitrogens with zero attached hydrogens (tertiary/aromatic N) is 1. The first-order valence-corrected chi connectivity index (χ1v) is 8.48. The van der Waals surface area contributed by atoms with Crippen LogP contribution < -0.4 is 10.6 Å². The van der Waals surface area contributed by atoms with Crippen molar-refractivity contribution in [2.45, 2.75) is 6.42 Å². The second kappa shape index (κ2) is 8.71. The summed E-state index contributed by atoms with van der Waals surface area (Å²) in [6.07, 6.45) is 0.570. The topological polar surface area (TPSA) is 71.1 Å². The number of anilines is 1. The molecule has 0 fully saturated rings. The van der Waals surface area contributed by atoms with Crippen molar-refractivity contribution < 1.29 is 14.0 Å². The minimum Gasteiger partial charge on any atom is -0.350 e. The molecule has 27 heavy (non-hydrogen) atoms. The standard InChI is InChI=1S/C21H18FN3O2/c22-16-11-9-15(10-12-16)13-14-23-20(26)18-7-4-8-19(25-18)21(27)24-17-5-2-1-3-6-17/h1-12H,13-14H2,(H,23,26)(H,24,27). The Morgan fingerprint density at radius 1 is 0.815 bits per heavy atom. The van der Waals surface area contributed by atoms with E-state index in [1.165, 1.54) is 12.1 Å². The number of nitrogens with one attached hydrogen (secondary N) is 2. The van der Waals surface area contributed by atoms with Crippen LogP contribution in [0.25, 0.3) is 0 Å². The van der Waals surface area contributed by atoms with Gasteiger partial charge in [0.25, 0.3) is 11.8 Å². The van der Waals surface area contributed by atoms with Crippen molar-refractivity contribution in [1.29, 1.82) is 0 Å². The summed E-state index contributed by atoms with van der Waals surface area (Å²) in [5.41, 5.74) is 1.89. The molecular formula is C21H18FN3O2. The van der Waals surface area contributed by atoms with E-state index in [9.17, 15) is 14.0 Å². The van der Waals surface area contributed by atoms with Gasteiger partial charge in [0.1, 0.15) is 17.2 Å². The second-order valence-corrected chi connectivity index (χ2v) is 5.86. The fourth-order valence-corrected chi connectivity index (χ4v) is 2.47. The number of hydrogen-bond acceptors (Lipinski definition) is 3. The summed E-state index contributed by atoms with van der Waals surface area (Å²) in [5.74, 6) is -1.05. The Morgan fingerprint density at radius 3 is 2.19 bits per heavy atom. The van der Waals surface area contributed by atoms with E-state index in [1.807, 2.05) is 18.2 Å². The lowest BCUT2D eigenvalue weighted by Gasteiger charge is -2.07. The second-order valence-electron chi connectivity index (χ2n) is 5.86. The minimum atomic E-state index is -0.387. The van der Waals surface area contributed by atoms with E-state index in [0.29, 0.717) is 18.7 Å². The fraction of sp³-hybridized carbons (Fsp3) is 0.0952. The van der Waals surface area contributed by atoms with Crippen LogP contribution in [0, 0.1) is 5.82 Å². The van der Waals surface area contributed by atoms with Gasteiger partial charge >= 0.3 is 0 Å². The van der Waals surface area contributed by atoms with Crippen molar-refractivity contribution in [2.75, 3.05) is 11.9 Å². The molecule has 0 radical (unpaired) electrons. The van der Waals surface area contributed by atoms with Crippen LogP contribution in [-0.4, -0.2) is 23.3 Å². The maximum Gasteiger partial charge on any atom is 0.274 e. The maximum atomic E-state index is 12.9. The first kappa shape index (κ1) is 18.3. The third-order valence-electron chi connectivity index (χ3n) is 3.86. The Balaban J connectivity index is 1.58. The number of carbonyl (C=O) groups excluding carboxylic acids is 2. The zero-order valence-corrected chi connectivity index (χ0v) is 14.5. The van der Waals surface area contributed by atoms with Crippen LogP contribution in [0.5, 0.6) is 0 Å². The highest BCUT2D eigenvalue weighted by molar-refractivity contribution is 6.03. The van der Waals surface area contributed by atoms with Gasteiger partial charge in [0, 0.05) is 12.2 Å². The largest absolute Gasteiger partial charge is 0.350 e. The predicted octanol–water partition coefficient (Wildman–Crippen LogP) is 3.45. The normalized spacial score (nSPS) is 10.3. The van der Waals surface area contributed by atoms with Crippen LogP contribution in [0.4, 0.5) is 10.1 Å². The van der Waals surface area contributed by atoms with E-state index in [1.54, 1.807) is 42.5 Å². The Hall–Kier alpha value is -3.54. The number of hydrogen-bond donors (Lipinski definition) is 2. The number of halogens is 1. The first-order valence-electron chi connectivity index (χ1n) is 8.48. The van der Waals surface area contributed by atoms with Gasteiger partial charge in [-0.25, -0.2) is 9.37 Å². The van der Waals surface area contributed by atoms with Crippen molar-refractivity contribution >= 4 is 17.5 Å². The quantitative estimate of drug-likeness (QED) is 0.705. The molecule has 3 aromatic rings. The number of para-hydroxylation sites is 1. The van der Waals surface area contributed by atoms with Crippen LogP contribution in [-0.2, 0) is 6.42 Å². The van der Waals surface area contributed by atoms with Crippen molar-refractivity contribution in [3.8, 4) is 0 Å². The molecule has 0 unspecified atom stereocenters. The Bertz CT molecular complexity index is 928. The van der Waals surface area contributed by atoms with Gasteiger partial charge in [-0.1, -0.05) is 36.4 Å². The van der Waals surface area contributed by atoms with Gasteiger partial charge in [-0.2, -0.15) is 0 Å². The lowest BCUT2D eigenvalue weighted by Crippen LogP contribution is -2.27. The average Bonchev–Trinajstić information content (AvgIpc) is 2.70. The smallest absolute Gasteiger partial charge is 0.274 e. The number of amides is 2. The monoisotopic (exact) mass is 363 g/mol. The van der Waals surface area contributed by atoms with Crippen LogP contribution in [0.2, 0.25) is 0 Å². The van der Waals surface area contributed by atoms with Gasteiger partial charge < -0.3 is 10.6 Å². The van der Waals surface area contributed by atoms with Gasteiger partial charge in [-0.15, -0.1) is 0 Å². The molecule has 0 aliphatic heterocycles. The van der Waals surface area contributed by atoms with Crippen LogP contribution in [0.3, 0.4) is 0 Å². The van der Waals surface area contributed by atoms with E-state index in [4.69, 9.17) is 0 Å². The Morgan fingerprint density at radius 2 is 1.48 bits per heavy atom. The van der Waals surface area contributed by atoms with Crippen molar-refractivity contribution in [3.05, 3.63) is 95.6 Å². The van der Waals surface area contributed by atoms with Crippen molar-refractivity contribution in [1.82, 2.24) is 10.3 Å². The minimum absolute atomic E-state index is 0.157. The highest BCUT2D eigenvalue weighted by atomic mass is 19.1. The molecule has 136 valence electrons.